The molecule has 0 radical (unpaired) electrons. The van der Waals surface area contributed by atoms with Crippen LogP contribution in [0.2, 0.25) is 0 Å². The molecule has 20 heavy (non-hydrogen) atoms. The highest BCUT2D eigenvalue weighted by atomic mass is 16.7. The van der Waals surface area contributed by atoms with Crippen molar-refractivity contribution in [1.82, 2.24) is 14.6 Å². The first-order valence-corrected chi connectivity index (χ1v) is 6.32. The molecule has 0 spiro atoms. The van der Waals surface area contributed by atoms with E-state index in [2.05, 4.69) is 15.4 Å². The quantitative estimate of drug-likeness (QED) is 0.788. The molecule has 6 heteroatoms. The Hall–Kier alpha value is -2.76. The van der Waals surface area contributed by atoms with Gasteiger partial charge < -0.3 is 14.8 Å². The average molecular weight is 268 g/mol. The Kier molecular flexibility index (Phi) is 2.45. The number of anilines is 1. The van der Waals surface area contributed by atoms with Crippen LogP contribution >= 0.6 is 0 Å². The zero-order valence-electron chi connectivity index (χ0n) is 10.6. The Labute approximate surface area is 115 Å². The first-order chi connectivity index (χ1) is 9.88. The highest BCUT2D eigenvalue weighted by Gasteiger charge is 2.13. The predicted octanol–water partition coefficient (Wildman–Crippen LogP) is 2.07. The van der Waals surface area contributed by atoms with Gasteiger partial charge in [-0.05, 0) is 29.8 Å². The van der Waals surface area contributed by atoms with E-state index < -0.39 is 0 Å². The summed E-state index contributed by atoms with van der Waals surface area (Å²) >= 11 is 0. The van der Waals surface area contributed by atoms with E-state index in [9.17, 15) is 0 Å². The first kappa shape index (κ1) is 11.1. The summed E-state index contributed by atoms with van der Waals surface area (Å²) in [5.41, 5.74) is 1.91. The molecule has 0 fully saturated rings. The molecule has 1 aliphatic rings. The van der Waals surface area contributed by atoms with Gasteiger partial charge >= 0.3 is 0 Å². The number of hydrogen-bond donors (Lipinski definition) is 1. The number of aromatic nitrogens is 3. The van der Waals surface area contributed by atoms with Crippen LogP contribution < -0.4 is 14.8 Å². The summed E-state index contributed by atoms with van der Waals surface area (Å²) < 4.78 is 12.4. The Bertz CT molecular complexity index is 736. The zero-order chi connectivity index (χ0) is 13.4. The predicted molar refractivity (Wildman–Crippen MR) is 72.9 cm³/mol. The Morgan fingerprint density at radius 2 is 2.10 bits per heavy atom. The second kappa shape index (κ2) is 4.41. The summed E-state index contributed by atoms with van der Waals surface area (Å²) in [5, 5.41) is 7.54. The highest BCUT2D eigenvalue weighted by Crippen LogP contribution is 2.32. The number of nitrogens with one attached hydrogen (secondary N) is 1. The molecule has 0 unspecified atom stereocenters. The van der Waals surface area contributed by atoms with E-state index in [1.165, 1.54) is 0 Å². The van der Waals surface area contributed by atoms with Gasteiger partial charge in [-0.1, -0.05) is 12.1 Å². The largest absolute Gasteiger partial charge is 0.454 e. The van der Waals surface area contributed by atoms with Crippen molar-refractivity contribution in [2.45, 2.75) is 6.54 Å². The van der Waals surface area contributed by atoms with Crippen molar-refractivity contribution >= 4 is 11.6 Å². The molecular weight excluding hydrogens is 256 g/mol. The first-order valence-electron chi connectivity index (χ1n) is 6.32. The van der Waals surface area contributed by atoms with Gasteiger partial charge in [-0.3, -0.25) is 0 Å². The van der Waals surface area contributed by atoms with Crippen molar-refractivity contribution in [3.8, 4) is 11.5 Å². The van der Waals surface area contributed by atoms with Gasteiger partial charge in [-0.2, -0.15) is 4.98 Å². The minimum atomic E-state index is 0.292. The van der Waals surface area contributed by atoms with Crippen LogP contribution in [0.5, 0.6) is 11.5 Å². The van der Waals surface area contributed by atoms with Crippen molar-refractivity contribution in [3.63, 3.8) is 0 Å². The lowest BCUT2D eigenvalue weighted by Gasteiger charge is -2.03. The van der Waals surface area contributed by atoms with Crippen LogP contribution in [0.15, 0.2) is 42.6 Å². The van der Waals surface area contributed by atoms with Gasteiger partial charge in [0.15, 0.2) is 17.1 Å². The zero-order valence-corrected chi connectivity index (χ0v) is 10.6. The SMILES string of the molecule is c1ccn2nc(NCc3ccc4c(c3)OCO4)nc2c1. The molecule has 4 rings (SSSR count). The number of benzene rings is 1. The van der Waals surface area contributed by atoms with Crippen molar-refractivity contribution in [3.05, 3.63) is 48.2 Å². The molecule has 6 nitrogen and oxygen atoms in total. The summed E-state index contributed by atoms with van der Waals surface area (Å²) in [5.74, 6) is 2.18. The third-order valence-corrected chi connectivity index (χ3v) is 3.13. The van der Waals surface area contributed by atoms with E-state index in [4.69, 9.17) is 9.47 Å². The van der Waals surface area contributed by atoms with E-state index in [-0.39, 0.29) is 0 Å². The monoisotopic (exact) mass is 268 g/mol. The normalized spacial score (nSPS) is 12.8. The second-order valence-electron chi connectivity index (χ2n) is 4.48. The van der Waals surface area contributed by atoms with Crippen LogP contribution in [0.4, 0.5) is 5.95 Å². The average Bonchev–Trinajstić information content (AvgIpc) is 3.10. The lowest BCUT2D eigenvalue weighted by molar-refractivity contribution is 0.174. The molecule has 0 saturated carbocycles. The van der Waals surface area contributed by atoms with Crippen molar-refractivity contribution in [2.24, 2.45) is 0 Å². The van der Waals surface area contributed by atoms with Gasteiger partial charge in [0, 0.05) is 12.7 Å². The number of fused-ring (bicyclic) bond motifs is 2. The minimum absolute atomic E-state index is 0.292. The second-order valence-corrected chi connectivity index (χ2v) is 4.48. The molecule has 0 bridgehead atoms. The molecule has 100 valence electrons. The van der Waals surface area contributed by atoms with Gasteiger partial charge in [0.2, 0.25) is 12.7 Å². The van der Waals surface area contributed by atoms with Gasteiger partial charge in [-0.15, -0.1) is 5.10 Å². The molecule has 3 aromatic rings. The molecule has 1 aliphatic heterocycles. The van der Waals surface area contributed by atoms with E-state index in [0.717, 1.165) is 22.7 Å². The minimum Gasteiger partial charge on any atom is -0.454 e. The van der Waals surface area contributed by atoms with Gasteiger partial charge in [-0.25, -0.2) is 4.52 Å². The molecule has 0 aliphatic carbocycles. The molecular formula is C14H12N4O2. The van der Waals surface area contributed by atoms with Gasteiger partial charge in [0.25, 0.3) is 0 Å². The summed E-state index contributed by atoms with van der Waals surface area (Å²) in [6.45, 7) is 0.924. The maximum absolute atomic E-state index is 5.35. The fourth-order valence-corrected chi connectivity index (χ4v) is 2.14. The Balaban J connectivity index is 1.52. The fourth-order valence-electron chi connectivity index (χ4n) is 2.14. The number of rotatable bonds is 3. The summed E-state index contributed by atoms with van der Waals surface area (Å²) in [4.78, 5) is 4.39. The van der Waals surface area contributed by atoms with Crippen LogP contribution in [0.3, 0.4) is 0 Å². The Morgan fingerprint density at radius 1 is 1.15 bits per heavy atom. The van der Waals surface area contributed by atoms with Crippen molar-refractivity contribution in [1.29, 1.82) is 0 Å². The molecule has 1 aromatic carbocycles. The fraction of sp³-hybridized carbons (Fsp3) is 0.143. The highest BCUT2D eigenvalue weighted by molar-refractivity contribution is 5.46. The summed E-state index contributed by atoms with van der Waals surface area (Å²) in [6.07, 6.45) is 1.87. The van der Waals surface area contributed by atoms with Crippen LogP contribution in [-0.2, 0) is 6.54 Å². The standard InChI is InChI=1S/C14H12N4O2/c1-2-6-18-13(3-1)16-14(17-18)15-8-10-4-5-11-12(7-10)20-9-19-11/h1-7H,8-9H2,(H,15,17). The lowest BCUT2D eigenvalue weighted by Crippen LogP contribution is -2.01. The van der Waals surface area contributed by atoms with E-state index >= 15 is 0 Å². The maximum atomic E-state index is 5.35. The number of hydrogen-bond acceptors (Lipinski definition) is 5. The van der Waals surface area contributed by atoms with Crippen molar-refractivity contribution in [2.75, 3.05) is 12.1 Å². The molecule has 1 N–H and O–H groups in total. The van der Waals surface area contributed by atoms with Gasteiger partial charge in [0.05, 0.1) is 0 Å². The molecule has 0 atom stereocenters. The number of nitrogens with zero attached hydrogens (tertiary/aromatic N) is 3. The number of ether oxygens (including phenoxy) is 2. The van der Waals surface area contributed by atoms with Gasteiger partial charge in [0.1, 0.15) is 0 Å². The van der Waals surface area contributed by atoms with Crippen LogP contribution in [0.25, 0.3) is 5.65 Å². The van der Waals surface area contributed by atoms with E-state index in [1.807, 2.05) is 42.6 Å². The molecule has 0 saturated heterocycles. The topological polar surface area (TPSA) is 60.7 Å². The molecule has 0 amide bonds. The van der Waals surface area contributed by atoms with Crippen LogP contribution in [0.1, 0.15) is 5.56 Å². The van der Waals surface area contributed by atoms with Crippen LogP contribution in [0, 0.1) is 0 Å². The van der Waals surface area contributed by atoms with Crippen molar-refractivity contribution < 1.29 is 9.47 Å². The lowest BCUT2D eigenvalue weighted by atomic mass is 10.2. The van der Waals surface area contributed by atoms with Crippen LogP contribution in [-0.4, -0.2) is 21.4 Å². The van der Waals surface area contributed by atoms with E-state index in [0.29, 0.717) is 19.3 Å². The van der Waals surface area contributed by atoms with E-state index in [1.54, 1.807) is 4.52 Å². The summed E-state index contributed by atoms with van der Waals surface area (Å²) in [7, 11) is 0. The maximum Gasteiger partial charge on any atom is 0.243 e. The Morgan fingerprint density at radius 3 is 3.05 bits per heavy atom. The number of pyridine rings is 1. The smallest absolute Gasteiger partial charge is 0.243 e. The third kappa shape index (κ3) is 1.91. The molecule has 2 aromatic heterocycles. The molecule has 3 heterocycles. The third-order valence-electron chi connectivity index (χ3n) is 3.13. The summed E-state index contributed by atoms with van der Waals surface area (Å²) in [6, 6.07) is 11.6.